The maximum atomic E-state index is 12.2. The van der Waals surface area contributed by atoms with Crippen LogP contribution < -0.4 is 5.73 Å². The molecule has 19 heavy (non-hydrogen) atoms. The molecule has 0 spiro atoms. The van der Waals surface area contributed by atoms with Gasteiger partial charge >= 0.3 is 0 Å². The molecule has 0 aliphatic heterocycles. The van der Waals surface area contributed by atoms with Gasteiger partial charge in [0.05, 0.1) is 0 Å². The van der Waals surface area contributed by atoms with E-state index in [9.17, 15) is 4.79 Å². The lowest BCUT2D eigenvalue weighted by Crippen LogP contribution is -2.27. The summed E-state index contributed by atoms with van der Waals surface area (Å²) in [6.07, 6.45) is 1.54. The SMILES string of the molecule is Cc1ccc(CN(C)C(=O)c2cc(N)ccn2)cc1. The Hall–Kier alpha value is -2.36. The van der Waals surface area contributed by atoms with E-state index in [4.69, 9.17) is 5.73 Å². The Morgan fingerprint density at radius 3 is 2.58 bits per heavy atom. The maximum absolute atomic E-state index is 12.2. The number of hydrogen-bond donors (Lipinski definition) is 1. The van der Waals surface area contributed by atoms with Gasteiger partial charge in [-0.3, -0.25) is 9.78 Å². The number of hydrogen-bond acceptors (Lipinski definition) is 3. The maximum Gasteiger partial charge on any atom is 0.272 e. The number of aromatic nitrogens is 1. The van der Waals surface area contributed by atoms with Crippen LogP contribution in [0.5, 0.6) is 0 Å². The zero-order valence-electron chi connectivity index (χ0n) is 11.1. The molecule has 1 amide bonds. The summed E-state index contributed by atoms with van der Waals surface area (Å²) in [6.45, 7) is 2.59. The van der Waals surface area contributed by atoms with E-state index in [1.54, 1.807) is 30.3 Å². The van der Waals surface area contributed by atoms with Crippen LogP contribution in [0.15, 0.2) is 42.6 Å². The van der Waals surface area contributed by atoms with E-state index in [2.05, 4.69) is 4.98 Å². The van der Waals surface area contributed by atoms with Gasteiger partial charge in [0.25, 0.3) is 5.91 Å². The van der Waals surface area contributed by atoms with E-state index in [1.807, 2.05) is 31.2 Å². The second-order valence-electron chi connectivity index (χ2n) is 4.62. The minimum Gasteiger partial charge on any atom is -0.399 e. The lowest BCUT2D eigenvalue weighted by Gasteiger charge is -2.17. The minimum atomic E-state index is -0.132. The van der Waals surface area contributed by atoms with Crippen molar-refractivity contribution in [3.63, 3.8) is 0 Å². The quantitative estimate of drug-likeness (QED) is 0.915. The zero-order chi connectivity index (χ0) is 13.8. The number of nitrogens with two attached hydrogens (primary N) is 1. The summed E-state index contributed by atoms with van der Waals surface area (Å²) >= 11 is 0. The molecule has 0 bridgehead atoms. The molecule has 1 aromatic heterocycles. The molecule has 2 rings (SSSR count). The average Bonchev–Trinajstić information content (AvgIpc) is 2.40. The fourth-order valence-corrected chi connectivity index (χ4v) is 1.80. The number of amides is 1. The fraction of sp³-hybridized carbons (Fsp3) is 0.200. The first-order valence-electron chi connectivity index (χ1n) is 6.09. The Bertz CT molecular complexity index is 578. The third-order valence-corrected chi connectivity index (χ3v) is 2.89. The predicted molar refractivity (Wildman–Crippen MR) is 75.6 cm³/mol. The van der Waals surface area contributed by atoms with E-state index < -0.39 is 0 Å². The summed E-state index contributed by atoms with van der Waals surface area (Å²) in [6, 6.07) is 11.4. The van der Waals surface area contributed by atoms with Crippen LogP contribution in [0.1, 0.15) is 21.6 Å². The standard InChI is InChI=1S/C15H17N3O/c1-11-3-5-12(6-4-11)10-18(2)15(19)14-9-13(16)7-8-17-14/h3-9H,10H2,1-2H3,(H2,16,17). The third-order valence-electron chi connectivity index (χ3n) is 2.89. The van der Waals surface area contributed by atoms with E-state index >= 15 is 0 Å². The molecule has 0 aliphatic rings. The highest BCUT2D eigenvalue weighted by Crippen LogP contribution is 2.10. The van der Waals surface area contributed by atoms with Crippen molar-refractivity contribution in [3.8, 4) is 0 Å². The van der Waals surface area contributed by atoms with Crippen molar-refractivity contribution in [1.29, 1.82) is 0 Å². The number of benzene rings is 1. The summed E-state index contributed by atoms with van der Waals surface area (Å²) in [4.78, 5) is 17.9. The summed E-state index contributed by atoms with van der Waals surface area (Å²) in [5, 5.41) is 0. The normalized spacial score (nSPS) is 10.2. The highest BCUT2D eigenvalue weighted by atomic mass is 16.2. The largest absolute Gasteiger partial charge is 0.399 e. The molecule has 2 aromatic rings. The second-order valence-corrected chi connectivity index (χ2v) is 4.62. The first-order chi connectivity index (χ1) is 9.06. The number of carbonyl (C=O) groups is 1. The molecule has 98 valence electrons. The average molecular weight is 255 g/mol. The molecule has 0 fully saturated rings. The number of nitrogen functional groups attached to an aromatic ring is 1. The molecule has 0 radical (unpaired) electrons. The summed E-state index contributed by atoms with van der Waals surface area (Å²) in [5.41, 5.74) is 8.86. The van der Waals surface area contributed by atoms with Gasteiger partial charge in [-0.25, -0.2) is 0 Å². The zero-order valence-corrected chi connectivity index (χ0v) is 11.1. The molecular weight excluding hydrogens is 238 g/mol. The summed E-state index contributed by atoms with van der Waals surface area (Å²) < 4.78 is 0. The molecule has 4 nitrogen and oxygen atoms in total. The number of aryl methyl sites for hydroxylation is 1. The molecule has 0 aliphatic carbocycles. The molecule has 0 saturated heterocycles. The Morgan fingerprint density at radius 1 is 1.26 bits per heavy atom. The first kappa shape index (κ1) is 13.1. The molecule has 0 unspecified atom stereocenters. The Morgan fingerprint density at radius 2 is 1.95 bits per heavy atom. The smallest absolute Gasteiger partial charge is 0.272 e. The Kier molecular flexibility index (Phi) is 3.80. The topological polar surface area (TPSA) is 59.2 Å². The van der Waals surface area contributed by atoms with Gasteiger partial charge in [-0.05, 0) is 24.6 Å². The first-order valence-corrected chi connectivity index (χ1v) is 6.09. The molecule has 0 atom stereocenters. The third kappa shape index (κ3) is 3.31. The van der Waals surface area contributed by atoms with E-state index in [-0.39, 0.29) is 5.91 Å². The fourth-order valence-electron chi connectivity index (χ4n) is 1.80. The minimum absolute atomic E-state index is 0.132. The predicted octanol–water partition coefficient (Wildman–Crippen LogP) is 2.24. The van der Waals surface area contributed by atoms with Gasteiger partial charge in [0.2, 0.25) is 0 Å². The van der Waals surface area contributed by atoms with Crippen molar-refractivity contribution in [1.82, 2.24) is 9.88 Å². The lowest BCUT2D eigenvalue weighted by molar-refractivity contribution is 0.0779. The number of nitrogens with zero attached hydrogens (tertiary/aromatic N) is 2. The van der Waals surface area contributed by atoms with Crippen LogP contribution in [0.2, 0.25) is 0 Å². The van der Waals surface area contributed by atoms with Crippen molar-refractivity contribution < 1.29 is 4.79 Å². The molecule has 1 aromatic carbocycles. The molecule has 4 heteroatoms. The van der Waals surface area contributed by atoms with Crippen LogP contribution >= 0.6 is 0 Å². The molecule has 1 heterocycles. The van der Waals surface area contributed by atoms with Gasteiger partial charge in [-0.1, -0.05) is 29.8 Å². The molecule has 0 saturated carbocycles. The van der Waals surface area contributed by atoms with Crippen molar-refractivity contribution in [2.75, 3.05) is 12.8 Å². The van der Waals surface area contributed by atoms with Crippen molar-refractivity contribution >= 4 is 11.6 Å². The Balaban J connectivity index is 2.09. The van der Waals surface area contributed by atoms with Gasteiger partial charge in [-0.2, -0.15) is 0 Å². The highest BCUT2D eigenvalue weighted by molar-refractivity contribution is 5.92. The Labute approximate surface area is 112 Å². The van der Waals surface area contributed by atoms with Crippen LogP contribution in [-0.2, 0) is 6.54 Å². The van der Waals surface area contributed by atoms with Crippen LogP contribution in [0.25, 0.3) is 0 Å². The van der Waals surface area contributed by atoms with Gasteiger partial charge in [0.15, 0.2) is 0 Å². The summed E-state index contributed by atoms with van der Waals surface area (Å²) in [5.74, 6) is -0.132. The number of anilines is 1. The van der Waals surface area contributed by atoms with Gasteiger partial charge in [0.1, 0.15) is 5.69 Å². The van der Waals surface area contributed by atoms with Crippen molar-refractivity contribution in [2.24, 2.45) is 0 Å². The van der Waals surface area contributed by atoms with E-state index in [0.29, 0.717) is 17.9 Å². The van der Waals surface area contributed by atoms with Gasteiger partial charge in [-0.15, -0.1) is 0 Å². The van der Waals surface area contributed by atoms with Crippen molar-refractivity contribution in [2.45, 2.75) is 13.5 Å². The lowest BCUT2D eigenvalue weighted by atomic mass is 10.1. The van der Waals surface area contributed by atoms with E-state index in [1.165, 1.54) is 5.56 Å². The van der Waals surface area contributed by atoms with Crippen LogP contribution in [0.3, 0.4) is 0 Å². The van der Waals surface area contributed by atoms with Gasteiger partial charge in [0, 0.05) is 25.5 Å². The highest BCUT2D eigenvalue weighted by Gasteiger charge is 2.13. The van der Waals surface area contributed by atoms with Crippen LogP contribution in [0.4, 0.5) is 5.69 Å². The number of carbonyl (C=O) groups excluding carboxylic acids is 1. The molecule has 2 N–H and O–H groups in total. The molecular formula is C15H17N3O. The number of pyridine rings is 1. The monoisotopic (exact) mass is 255 g/mol. The van der Waals surface area contributed by atoms with Gasteiger partial charge < -0.3 is 10.6 Å². The van der Waals surface area contributed by atoms with E-state index in [0.717, 1.165) is 5.56 Å². The number of rotatable bonds is 3. The summed E-state index contributed by atoms with van der Waals surface area (Å²) in [7, 11) is 1.76. The van der Waals surface area contributed by atoms with Crippen LogP contribution in [-0.4, -0.2) is 22.8 Å². The second kappa shape index (κ2) is 5.52. The van der Waals surface area contributed by atoms with Crippen LogP contribution in [0, 0.1) is 6.92 Å². The van der Waals surface area contributed by atoms with Crippen molar-refractivity contribution in [3.05, 3.63) is 59.4 Å².